The average Bonchev–Trinajstić information content (AvgIpc) is 2.79. The van der Waals surface area contributed by atoms with E-state index in [1.165, 1.54) is 0 Å². The molecule has 0 saturated carbocycles. The van der Waals surface area contributed by atoms with Gasteiger partial charge >= 0.3 is 5.97 Å². The number of amidine groups is 1. The first-order valence-corrected chi connectivity index (χ1v) is 11.0. The van der Waals surface area contributed by atoms with E-state index in [1.54, 1.807) is 49.9 Å². The SMILES string of the molecule is CC[C@H](NC(=O)c1ccc(/C(N)=N/O)cc1)C(=O)N1CCC(OCC(=O)OC(C)(C)C)CC1. The van der Waals surface area contributed by atoms with Crippen molar-refractivity contribution in [3.8, 4) is 0 Å². The molecule has 0 radical (unpaired) electrons. The monoisotopic (exact) mass is 462 g/mol. The number of nitrogens with zero attached hydrogens (tertiary/aromatic N) is 2. The van der Waals surface area contributed by atoms with Crippen LogP contribution in [-0.4, -0.2) is 71.2 Å². The number of hydrogen-bond donors (Lipinski definition) is 3. The van der Waals surface area contributed by atoms with Crippen LogP contribution in [0.15, 0.2) is 29.4 Å². The number of ether oxygens (including phenoxy) is 2. The molecule has 1 aliphatic heterocycles. The smallest absolute Gasteiger partial charge is 0.332 e. The van der Waals surface area contributed by atoms with E-state index in [-0.39, 0.29) is 30.4 Å². The van der Waals surface area contributed by atoms with Crippen molar-refractivity contribution < 1.29 is 29.1 Å². The fraction of sp³-hybridized carbons (Fsp3) is 0.565. The number of nitrogens with one attached hydrogen (secondary N) is 1. The first-order valence-electron chi connectivity index (χ1n) is 11.0. The van der Waals surface area contributed by atoms with E-state index in [1.807, 2.05) is 6.92 Å². The molecule has 1 atom stereocenters. The normalized spacial score (nSPS) is 16.2. The van der Waals surface area contributed by atoms with E-state index < -0.39 is 17.6 Å². The molecular weight excluding hydrogens is 428 g/mol. The maximum Gasteiger partial charge on any atom is 0.332 e. The summed E-state index contributed by atoms with van der Waals surface area (Å²) in [6.45, 7) is 8.09. The van der Waals surface area contributed by atoms with Crippen molar-refractivity contribution in [3.63, 3.8) is 0 Å². The van der Waals surface area contributed by atoms with E-state index in [0.717, 1.165) is 0 Å². The lowest BCUT2D eigenvalue weighted by Crippen LogP contribution is -2.51. The summed E-state index contributed by atoms with van der Waals surface area (Å²) in [7, 11) is 0. The van der Waals surface area contributed by atoms with Crippen LogP contribution in [0.25, 0.3) is 0 Å². The van der Waals surface area contributed by atoms with Crippen molar-refractivity contribution in [1.29, 1.82) is 0 Å². The Morgan fingerprint density at radius 2 is 1.76 bits per heavy atom. The zero-order valence-electron chi connectivity index (χ0n) is 19.7. The standard InChI is InChI=1S/C23H34N4O6/c1-5-18(25-21(29)16-8-6-15(7-9-16)20(24)26-31)22(30)27-12-10-17(11-13-27)32-14-19(28)33-23(2,3)4/h6-9,17-18,31H,5,10-14H2,1-4H3,(H2,24,26)(H,25,29)/t18-/m0/s1. The summed E-state index contributed by atoms with van der Waals surface area (Å²) in [5.41, 5.74) is 5.82. The molecule has 1 heterocycles. The number of likely N-dealkylation sites (tertiary alicyclic amines) is 1. The maximum atomic E-state index is 12.9. The van der Waals surface area contributed by atoms with Crippen molar-refractivity contribution in [3.05, 3.63) is 35.4 Å². The number of rotatable bonds is 8. The molecule has 10 nitrogen and oxygen atoms in total. The molecule has 1 aliphatic rings. The van der Waals surface area contributed by atoms with Gasteiger partial charge < -0.3 is 30.6 Å². The number of nitrogens with two attached hydrogens (primary N) is 1. The van der Waals surface area contributed by atoms with Gasteiger partial charge in [0, 0.05) is 24.2 Å². The number of piperidine rings is 1. The van der Waals surface area contributed by atoms with Gasteiger partial charge in [0.2, 0.25) is 5.91 Å². The molecule has 2 rings (SSSR count). The lowest BCUT2D eigenvalue weighted by atomic mass is 10.1. The Bertz CT molecular complexity index is 855. The molecule has 2 amide bonds. The highest BCUT2D eigenvalue weighted by molar-refractivity contribution is 6.00. The van der Waals surface area contributed by atoms with Crippen molar-refractivity contribution in [2.45, 2.75) is 64.7 Å². The maximum absolute atomic E-state index is 12.9. The summed E-state index contributed by atoms with van der Waals surface area (Å²) in [5, 5.41) is 14.4. The Morgan fingerprint density at radius 3 is 2.27 bits per heavy atom. The Labute approximate surface area is 194 Å². The molecule has 4 N–H and O–H groups in total. The number of carbonyl (C=O) groups excluding carboxylic acids is 3. The van der Waals surface area contributed by atoms with Gasteiger partial charge in [-0.05, 0) is 52.2 Å². The summed E-state index contributed by atoms with van der Waals surface area (Å²) in [6, 6.07) is 5.57. The first-order chi connectivity index (χ1) is 15.5. The zero-order chi connectivity index (χ0) is 24.6. The van der Waals surface area contributed by atoms with Crippen molar-refractivity contribution >= 4 is 23.6 Å². The topological polar surface area (TPSA) is 144 Å². The van der Waals surface area contributed by atoms with Gasteiger partial charge in [-0.3, -0.25) is 9.59 Å². The second kappa shape index (κ2) is 11.6. The third kappa shape index (κ3) is 8.05. The van der Waals surface area contributed by atoms with Crippen molar-refractivity contribution in [2.75, 3.05) is 19.7 Å². The zero-order valence-corrected chi connectivity index (χ0v) is 19.7. The Balaban J connectivity index is 1.84. The minimum absolute atomic E-state index is 0.0537. The van der Waals surface area contributed by atoms with Crippen LogP contribution in [-0.2, 0) is 19.1 Å². The highest BCUT2D eigenvalue weighted by Crippen LogP contribution is 2.16. The van der Waals surface area contributed by atoms with Crippen LogP contribution >= 0.6 is 0 Å². The minimum Gasteiger partial charge on any atom is -0.458 e. The molecule has 0 unspecified atom stereocenters. The predicted molar refractivity (Wildman–Crippen MR) is 122 cm³/mol. The number of amides is 2. The number of esters is 1. The number of oxime groups is 1. The van der Waals surface area contributed by atoms with E-state index in [4.69, 9.17) is 20.4 Å². The lowest BCUT2D eigenvalue weighted by molar-refractivity contribution is -0.163. The van der Waals surface area contributed by atoms with Crippen LogP contribution in [0.3, 0.4) is 0 Å². The molecule has 0 aromatic heterocycles. The second-order valence-corrected chi connectivity index (χ2v) is 8.92. The van der Waals surface area contributed by atoms with Gasteiger partial charge in [0.05, 0.1) is 6.10 Å². The highest BCUT2D eigenvalue weighted by atomic mass is 16.6. The third-order valence-electron chi connectivity index (χ3n) is 5.17. The van der Waals surface area contributed by atoms with Crippen LogP contribution in [0.2, 0.25) is 0 Å². The highest BCUT2D eigenvalue weighted by Gasteiger charge is 2.29. The van der Waals surface area contributed by atoms with Crippen LogP contribution in [0.5, 0.6) is 0 Å². The fourth-order valence-corrected chi connectivity index (χ4v) is 3.45. The lowest BCUT2D eigenvalue weighted by Gasteiger charge is -2.34. The molecule has 33 heavy (non-hydrogen) atoms. The molecule has 10 heteroatoms. The van der Waals surface area contributed by atoms with Gasteiger partial charge in [0.15, 0.2) is 5.84 Å². The van der Waals surface area contributed by atoms with Crippen LogP contribution in [0.4, 0.5) is 0 Å². The van der Waals surface area contributed by atoms with Crippen LogP contribution in [0, 0.1) is 0 Å². The number of benzene rings is 1. The van der Waals surface area contributed by atoms with Crippen molar-refractivity contribution in [1.82, 2.24) is 10.2 Å². The first kappa shape index (κ1) is 26.1. The molecule has 0 spiro atoms. The summed E-state index contributed by atoms with van der Waals surface area (Å²) < 4.78 is 10.9. The number of carbonyl (C=O) groups is 3. The molecule has 0 bridgehead atoms. The van der Waals surface area contributed by atoms with E-state index in [2.05, 4.69) is 10.5 Å². The van der Waals surface area contributed by atoms with Crippen molar-refractivity contribution in [2.24, 2.45) is 10.9 Å². The predicted octanol–water partition coefficient (Wildman–Crippen LogP) is 1.64. The van der Waals surface area contributed by atoms with Gasteiger partial charge in [-0.25, -0.2) is 4.79 Å². The Morgan fingerprint density at radius 1 is 1.18 bits per heavy atom. The van der Waals surface area contributed by atoms with Gasteiger partial charge in [-0.2, -0.15) is 0 Å². The van der Waals surface area contributed by atoms with Gasteiger partial charge in [-0.1, -0.05) is 24.2 Å². The van der Waals surface area contributed by atoms with E-state index in [9.17, 15) is 14.4 Å². The average molecular weight is 463 g/mol. The summed E-state index contributed by atoms with van der Waals surface area (Å²) in [6.07, 6.45) is 1.54. The van der Waals surface area contributed by atoms with E-state index in [0.29, 0.717) is 43.5 Å². The van der Waals surface area contributed by atoms with Crippen LogP contribution in [0.1, 0.15) is 62.9 Å². The van der Waals surface area contributed by atoms with Gasteiger partial charge in [0.25, 0.3) is 5.91 Å². The molecule has 1 aromatic carbocycles. The van der Waals surface area contributed by atoms with Gasteiger partial charge in [-0.15, -0.1) is 0 Å². The molecule has 1 aromatic rings. The molecule has 1 fully saturated rings. The van der Waals surface area contributed by atoms with Crippen LogP contribution < -0.4 is 11.1 Å². The largest absolute Gasteiger partial charge is 0.458 e. The number of hydrogen-bond acceptors (Lipinski definition) is 7. The molecular formula is C23H34N4O6. The summed E-state index contributed by atoms with van der Waals surface area (Å²) >= 11 is 0. The molecule has 0 aliphatic carbocycles. The summed E-state index contributed by atoms with van der Waals surface area (Å²) in [5.74, 6) is -0.988. The van der Waals surface area contributed by atoms with Gasteiger partial charge in [0.1, 0.15) is 18.2 Å². The summed E-state index contributed by atoms with van der Waals surface area (Å²) in [4.78, 5) is 39.1. The third-order valence-corrected chi connectivity index (χ3v) is 5.17. The Hall–Kier alpha value is -3.14. The second-order valence-electron chi connectivity index (χ2n) is 8.92. The van der Waals surface area contributed by atoms with E-state index >= 15 is 0 Å². The fourth-order valence-electron chi connectivity index (χ4n) is 3.45. The molecule has 182 valence electrons. The minimum atomic E-state index is -0.652. The quantitative estimate of drug-likeness (QED) is 0.175. The Kier molecular flexibility index (Phi) is 9.22. The molecule has 1 saturated heterocycles.